The van der Waals surface area contributed by atoms with Gasteiger partial charge in [-0.1, -0.05) is 51.9 Å². The van der Waals surface area contributed by atoms with Gasteiger partial charge in [-0.2, -0.15) is 20.5 Å². The van der Waals surface area contributed by atoms with Crippen molar-refractivity contribution >= 4 is 0 Å². The van der Waals surface area contributed by atoms with E-state index in [1.54, 1.807) is 0 Å². The first-order valence-corrected chi connectivity index (χ1v) is 9.10. The number of unbranched alkanes of at least 4 members (excludes halogenated alkanes) is 4. The van der Waals surface area contributed by atoms with Crippen LogP contribution >= 0.6 is 0 Å². The molecule has 0 aromatic rings. The lowest BCUT2D eigenvalue weighted by Crippen LogP contribution is -2.21. The summed E-state index contributed by atoms with van der Waals surface area (Å²) in [6.45, 7) is 6.05. The third-order valence-corrected chi connectivity index (χ3v) is 3.83. The second-order valence-corrected chi connectivity index (χ2v) is 5.95. The largest absolute Gasteiger partial charge is 0.194 e. The molecular weight excluding hydrogens is 272 g/mol. The van der Waals surface area contributed by atoms with Gasteiger partial charge in [0.2, 0.25) is 0 Å². The van der Waals surface area contributed by atoms with Crippen molar-refractivity contribution in [1.82, 2.24) is 0 Å². The van der Waals surface area contributed by atoms with E-state index in [1.807, 2.05) is 0 Å². The summed E-state index contributed by atoms with van der Waals surface area (Å²) in [4.78, 5) is 0. The molecule has 0 amide bonds. The first kappa shape index (κ1) is 18.8. The Morgan fingerprint density at radius 2 is 1.55 bits per heavy atom. The van der Waals surface area contributed by atoms with Crippen LogP contribution in [0.15, 0.2) is 20.5 Å². The number of hydrogen-bond donors (Lipinski definition) is 0. The fourth-order valence-electron chi connectivity index (χ4n) is 2.40. The minimum Gasteiger partial charge on any atom is -0.194 e. The zero-order chi connectivity index (χ0) is 15.9. The van der Waals surface area contributed by atoms with E-state index >= 15 is 0 Å². The molecule has 0 saturated heterocycles. The zero-order valence-corrected chi connectivity index (χ0v) is 14.4. The Kier molecular flexibility index (Phi) is 11.5. The number of azo groups is 2. The first-order chi connectivity index (χ1) is 10.9. The molecule has 4 heteroatoms. The Morgan fingerprint density at radius 1 is 0.864 bits per heavy atom. The van der Waals surface area contributed by atoms with Gasteiger partial charge in [0.25, 0.3) is 0 Å². The van der Waals surface area contributed by atoms with Crippen LogP contribution in [0.2, 0.25) is 0 Å². The Bertz CT molecular complexity index is 378. The molecule has 0 aromatic heterocycles. The molecule has 1 aliphatic carbocycles. The fourth-order valence-corrected chi connectivity index (χ4v) is 2.40. The van der Waals surface area contributed by atoms with Gasteiger partial charge in [0.15, 0.2) is 6.04 Å². The second kappa shape index (κ2) is 13.4. The highest BCUT2D eigenvalue weighted by Crippen LogP contribution is 2.16. The summed E-state index contributed by atoms with van der Waals surface area (Å²) in [5, 5.41) is 17.7. The first-order valence-electron chi connectivity index (χ1n) is 9.10. The summed E-state index contributed by atoms with van der Waals surface area (Å²) in [6.07, 6.45) is 11.5. The van der Waals surface area contributed by atoms with Gasteiger partial charge < -0.3 is 0 Å². The molecule has 4 nitrogen and oxygen atoms in total. The van der Waals surface area contributed by atoms with E-state index < -0.39 is 0 Å². The van der Waals surface area contributed by atoms with Crippen molar-refractivity contribution in [3.8, 4) is 11.8 Å². The molecule has 124 valence electrons. The highest BCUT2D eigenvalue weighted by molar-refractivity contribution is 5.12. The van der Waals surface area contributed by atoms with E-state index in [0.717, 1.165) is 51.6 Å². The summed E-state index contributed by atoms with van der Waals surface area (Å²) in [5.41, 5.74) is 0. The summed E-state index contributed by atoms with van der Waals surface area (Å²) in [6, 6.07) is 0.0150. The second-order valence-electron chi connectivity index (χ2n) is 5.95. The average Bonchev–Trinajstić information content (AvgIpc) is 2.51. The Balaban J connectivity index is 2.52. The molecule has 0 aliphatic heterocycles. The van der Waals surface area contributed by atoms with Crippen molar-refractivity contribution in [2.24, 2.45) is 20.5 Å². The Hall–Kier alpha value is -1.24. The van der Waals surface area contributed by atoms with Crippen molar-refractivity contribution in [2.45, 2.75) is 90.1 Å². The maximum atomic E-state index is 4.52. The lowest BCUT2D eigenvalue weighted by molar-refractivity contribution is 0.490. The predicted octanol–water partition coefficient (Wildman–Crippen LogP) is 5.59. The third kappa shape index (κ3) is 8.92. The predicted molar refractivity (Wildman–Crippen MR) is 92.3 cm³/mol. The van der Waals surface area contributed by atoms with E-state index in [4.69, 9.17) is 0 Å². The molecule has 2 unspecified atom stereocenters. The van der Waals surface area contributed by atoms with Gasteiger partial charge in [0, 0.05) is 6.42 Å². The lowest BCUT2D eigenvalue weighted by Gasteiger charge is -2.15. The van der Waals surface area contributed by atoms with Crippen LogP contribution in [0.25, 0.3) is 0 Å². The summed E-state index contributed by atoms with van der Waals surface area (Å²) >= 11 is 0. The lowest BCUT2D eigenvalue weighted by atomic mass is 10.00. The molecule has 0 radical (unpaired) electrons. The molecule has 0 bridgehead atoms. The van der Waals surface area contributed by atoms with E-state index in [0.29, 0.717) is 0 Å². The number of hydrogen-bond acceptors (Lipinski definition) is 4. The van der Waals surface area contributed by atoms with Gasteiger partial charge in [0.05, 0.1) is 13.1 Å². The smallest absolute Gasteiger partial charge is 0.155 e. The Morgan fingerprint density at radius 3 is 2.23 bits per heavy atom. The summed E-state index contributed by atoms with van der Waals surface area (Å²) in [5.74, 6) is 6.48. The minimum atomic E-state index is -0.0862. The molecule has 2 atom stereocenters. The SMILES string of the molecule is CCCCCN=NC1C#CCCCCC1N=NCCCCC. The van der Waals surface area contributed by atoms with Crippen LogP contribution in [0.5, 0.6) is 0 Å². The normalized spacial score (nSPS) is 22.5. The highest BCUT2D eigenvalue weighted by Gasteiger charge is 2.19. The van der Waals surface area contributed by atoms with Crippen LogP contribution in [0, 0.1) is 11.8 Å². The van der Waals surface area contributed by atoms with Gasteiger partial charge in [-0.15, -0.1) is 5.92 Å². The van der Waals surface area contributed by atoms with E-state index in [-0.39, 0.29) is 12.1 Å². The zero-order valence-electron chi connectivity index (χ0n) is 14.4. The molecular formula is C18H32N4. The molecule has 0 fully saturated rings. The van der Waals surface area contributed by atoms with Crippen LogP contribution in [0.1, 0.15) is 78.1 Å². The van der Waals surface area contributed by atoms with Crippen LogP contribution < -0.4 is 0 Å². The maximum Gasteiger partial charge on any atom is 0.155 e. The van der Waals surface area contributed by atoms with Crippen LogP contribution in [-0.2, 0) is 0 Å². The van der Waals surface area contributed by atoms with Crippen molar-refractivity contribution in [1.29, 1.82) is 0 Å². The van der Waals surface area contributed by atoms with Gasteiger partial charge in [-0.3, -0.25) is 0 Å². The third-order valence-electron chi connectivity index (χ3n) is 3.83. The topological polar surface area (TPSA) is 49.4 Å². The van der Waals surface area contributed by atoms with Crippen molar-refractivity contribution in [3.63, 3.8) is 0 Å². The van der Waals surface area contributed by atoms with Crippen molar-refractivity contribution in [3.05, 3.63) is 0 Å². The molecule has 0 saturated carbocycles. The molecule has 1 aliphatic rings. The van der Waals surface area contributed by atoms with Crippen LogP contribution in [-0.4, -0.2) is 25.2 Å². The van der Waals surface area contributed by atoms with Crippen LogP contribution in [0.3, 0.4) is 0 Å². The summed E-state index contributed by atoms with van der Waals surface area (Å²) in [7, 11) is 0. The Labute approximate surface area is 136 Å². The van der Waals surface area contributed by atoms with E-state index in [1.165, 1.54) is 25.7 Å². The molecule has 0 spiro atoms. The quantitative estimate of drug-likeness (QED) is 0.287. The molecule has 1 rings (SSSR count). The highest BCUT2D eigenvalue weighted by atomic mass is 15.2. The standard InChI is InChI=1S/C18H32N4/c1-3-5-11-15-19-21-17-13-9-7-8-10-14-18(17)22-20-16-12-6-4-2/h17-18H,3-9,11-13,15-16H2,1-2H3. The number of nitrogens with zero attached hydrogens (tertiary/aromatic N) is 4. The van der Waals surface area contributed by atoms with Crippen molar-refractivity contribution in [2.75, 3.05) is 13.1 Å². The van der Waals surface area contributed by atoms with Crippen molar-refractivity contribution < 1.29 is 0 Å². The van der Waals surface area contributed by atoms with E-state index in [9.17, 15) is 0 Å². The molecule has 22 heavy (non-hydrogen) atoms. The maximum absolute atomic E-state index is 4.52. The van der Waals surface area contributed by atoms with E-state index in [2.05, 4.69) is 46.1 Å². The average molecular weight is 304 g/mol. The summed E-state index contributed by atoms with van der Waals surface area (Å²) < 4.78 is 0. The van der Waals surface area contributed by atoms with Gasteiger partial charge in [-0.05, 0) is 25.7 Å². The van der Waals surface area contributed by atoms with Gasteiger partial charge in [0.1, 0.15) is 6.04 Å². The van der Waals surface area contributed by atoms with Crippen LogP contribution in [0.4, 0.5) is 0 Å². The minimum absolute atomic E-state index is 0.0862. The van der Waals surface area contributed by atoms with Gasteiger partial charge >= 0.3 is 0 Å². The van der Waals surface area contributed by atoms with Gasteiger partial charge in [-0.25, -0.2) is 0 Å². The molecule has 0 heterocycles. The molecule has 0 aromatic carbocycles. The number of rotatable bonds is 10. The molecule has 0 N–H and O–H groups in total. The fraction of sp³-hybridized carbons (Fsp3) is 0.889. The monoisotopic (exact) mass is 304 g/mol.